The number of hydrogen-bond donors (Lipinski definition) is 1. The smallest absolute Gasteiger partial charge is 0.406 e. The second-order valence-electron chi connectivity index (χ2n) is 2.81. The predicted octanol–water partition coefficient (Wildman–Crippen LogP) is 2.21. The SMILES string of the molecule is CNC(=O)OCCOc1ccc(Cl)cc1F. The standard InChI is InChI=1S/C10H11ClFNO3/c1-13-10(14)16-5-4-15-9-3-2-7(11)6-8(9)12/h2-3,6H,4-5H2,1H3,(H,13,14). The van der Waals surface area contributed by atoms with Gasteiger partial charge in [0.1, 0.15) is 13.2 Å². The fraction of sp³-hybridized carbons (Fsp3) is 0.300. The molecule has 0 saturated heterocycles. The van der Waals surface area contributed by atoms with Crippen LogP contribution in [0.2, 0.25) is 5.02 Å². The molecule has 0 aliphatic rings. The molecule has 1 N–H and O–H groups in total. The van der Waals surface area contributed by atoms with E-state index >= 15 is 0 Å². The average Bonchev–Trinajstić information content (AvgIpc) is 2.26. The Bertz CT molecular complexity index is 373. The van der Waals surface area contributed by atoms with Gasteiger partial charge in [-0.3, -0.25) is 0 Å². The van der Waals surface area contributed by atoms with Crippen LogP contribution in [-0.4, -0.2) is 26.4 Å². The summed E-state index contributed by atoms with van der Waals surface area (Å²) < 4.78 is 22.9. The predicted molar refractivity (Wildman–Crippen MR) is 57.3 cm³/mol. The average molecular weight is 248 g/mol. The Morgan fingerprint density at radius 2 is 2.25 bits per heavy atom. The van der Waals surface area contributed by atoms with Crippen molar-refractivity contribution in [2.75, 3.05) is 20.3 Å². The van der Waals surface area contributed by atoms with Gasteiger partial charge >= 0.3 is 6.09 Å². The third-order valence-electron chi connectivity index (χ3n) is 1.67. The van der Waals surface area contributed by atoms with Crippen LogP contribution in [-0.2, 0) is 4.74 Å². The number of alkyl carbamates (subject to hydrolysis) is 1. The molecule has 0 atom stereocenters. The van der Waals surface area contributed by atoms with Crippen LogP contribution in [0.3, 0.4) is 0 Å². The maximum Gasteiger partial charge on any atom is 0.406 e. The lowest BCUT2D eigenvalue weighted by atomic mass is 10.3. The van der Waals surface area contributed by atoms with Gasteiger partial charge in [0.15, 0.2) is 11.6 Å². The van der Waals surface area contributed by atoms with Crippen molar-refractivity contribution in [3.05, 3.63) is 29.0 Å². The minimum atomic E-state index is -0.555. The van der Waals surface area contributed by atoms with Gasteiger partial charge in [0, 0.05) is 12.1 Å². The molecule has 6 heteroatoms. The molecule has 16 heavy (non-hydrogen) atoms. The summed E-state index contributed by atoms with van der Waals surface area (Å²) in [6.07, 6.45) is -0.555. The summed E-state index contributed by atoms with van der Waals surface area (Å²) in [5, 5.41) is 2.57. The Morgan fingerprint density at radius 3 is 2.88 bits per heavy atom. The zero-order valence-electron chi connectivity index (χ0n) is 8.63. The van der Waals surface area contributed by atoms with E-state index in [0.29, 0.717) is 5.02 Å². The summed E-state index contributed by atoms with van der Waals surface area (Å²) in [5.74, 6) is -0.475. The lowest BCUT2D eigenvalue weighted by Gasteiger charge is -2.07. The fourth-order valence-corrected chi connectivity index (χ4v) is 1.11. The van der Waals surface area contributed by atoms with E-state index in [9.17, 15) is 9.18 Å². The molecule has 0 radical (unpaired) electrons. The molecule has 0 fully saturated rings. The van der Waals surface area contributed by atoms with Gasteiger partial charge in [0.2, 0.25) is 0 Å². The van der Waals surface area contributed by atoms with E-state index in [-0.39, 0.29) is 19.0 Å². The second kappa shape index (κ2) is 6.17. The number of benzene rings is 1. The fourth-order valence-electron chi connectivity index (χ4n) is 0.950. The molecule has 0 aliphatic heterocycles. The number of amides is 1. The molecule has 0 unspecified atom stereocenters. The van der Waals surface area contributed by atoms with Gasteiger partial charge in [-0.1, -0.05) is 11.6 Å². The van der Waals surface area contributed by atoms with E-state index in [1.54, 1.807) is 0 Å². The number of carbonyl (C=O) groups is 1. The monoisotopic (exact) mass is 247 g/mol. The summed E-state index contributed by atoms with van der Waals surface area (Å²) in [7, 11) is 1.45. The Hall–Kier alpha value is -1.49. The Kier molecular flexibility index (Phi) is 4.85. The van der Waals surface area contributed by atoms with E-state index in [2.05, 4.69) is 10.1 Å². The Labute approximate surface area is 97.3 Å². The van der Waals surface area contributed by atoms with Crippen LogP contribution in [0.25, 0.3) is 0 Å². The number of nitrogens with one attached hydrogen (secondary N) is 1. The maximum atomic E-state index is 13.2. The largest absolute Gasteiger partial charge is 0.487 e. The van der Waals surface area contributed by atoms with Crippen molar-refractivity contribution >= 4 is 17.7 Å². The first-order chi connectivity index (χ1) is 7.63. The first-order valence-corrected chi connectivity index (χ1v) is 4.93. The van der Waals surface area contributed by atoms with Gasteiger partial charge in [-0.2, -0.15) is 0 Å². The number of ether oxygens (including phenoxy) is 2. The Morgan fingerprint density at radius 1 is 1.50 bits per heavy atom. The molecule has 0 bridgehead atoms. The molecule has 0 heterocycles. The third-order valence-corrected chi connectivity index (χ3v) is 1.91. The number of carbonyl (C=O) groups excluding carboxylic acids is 1. The Balaban J connectivity index is 2.35. The molecule has 0 saturated carbocycles. The van der Waals surface area contributed by atoms with Crippen LogP contribution >= 0.6 is 11.6 Å². The van der Waals surface area contributed by atoms with Crippen LogP contribution in [0, 0.1) is 5.82 Å². The van der Waals surface area contributed by atoms with Crippen LogP contribution in [0.4, 0.5) is 9.18 Å². The van der Waals surface area contributed by atoms with E-state index < -0.39 is 11.9 Å². The summed E-state index contributed by atoms with van der Waals surface area (Å²) in [4.78, 5) is 10.7. The third kappa shape index (κ3) is 3.94. The molecule has 0 aromatic heterocycles. The highest BCUT2D eigenvalue weighted by Crippen LogP contribution is 2.20. The molecule has 1 amide bonds. The minimum Gasteiger partial charge on any atom is -0.487 e. The molecule has 1 aromatic carbocycles. The summed E-state index contributed by atoms with van der Waals surface area (Å²) in [6, 6.07) is 4.08. The number of rotatable bonds is 4. The highest BCUT2D eigenvalue weighted by atomic mass is 35.5. The summed E-state index contributed by atoms with van der Waals surface area (Å²) in [6.45, 7) is 0.119. The van der Waals surface area contributed by atoms with Crippen LogP contribution < -0.4 is 10.1 Å². The first kappa shape index (κ1) is 12.6. The molecule has 0 aliphatic carbocycles. The summed E-state index contributed by atoms with van der Waals surface area (Å²) in [5.41, 5.74) is 0. The van der Waals surface area contributed by atoms with Crippen molar-refractivity contribution < 1.29 is 18.7 Å². The van der Waals surface area contributed by atoms with Gasteiger partial charge in [-0.05, 0) is 18.2 Å². The molecule has 4 nitrogen and oxygen atoms in total. The van der Waals surface area contributed by atoms with Crippen molar-refractivity contribution in [1.29, 1.82) is 0 Å². The van der Waals surface area contributed by atoms with Gasteiger partial charge < -0.3 is 14.8 Å². The second-order valence-corrected chi connectivity index (χ2v) is 3.25. The van der Waals surface area contributed by atoms with E-state index in [0.717, 1.165) is 6.07 Å². The molecule has 0 spiro atoms. The number of hydrogen-bond acceptors (Lipinski definition) is 3. The molecular formula is C10H11ClFNO3. The lowest BCUT2D eigenvalue weighted by Crippen LogP contribution is -2.21. The molecule has 1 aromatic rings. The molecule has 1 rings (SSSR count). The topological polar surface area (TPSA) is 47.6 Å². The van der Waals surface area contributed by atoms with Crippen molar-refractivity contribution in [3.63, 3.8) is 0 Å². The molecule has 88 valence electrons. The van der Waals surface area contributed by atoms with Gasteiger partial charge in [-0.15, -0.1) is 0 Å². The van der Waals surface area contributed by atoms with E-state index in [1.807, 2.05) is 0 Å². The quantitative estimate of drug-likeness (QED) is 0.830. The van der Waals surface area contributed by atoms with Gasteiger partial charge in [-0.25, -0.2) is 9.18 Å². The van der Waals surface area contributed by atoms with Crippen molar-refractivity contribution in [2.45, 2.75) is 0 Å². The highest BCUT2D eigenvalue weighted by molar-refractivity contribution is 6.30. The van der Waals surface area contributed by atoms with Gasteiger partial charge in [0.05, 0.1) is 0 Å². The van der Waals surface area contributed by atoms with Gasteiger partial charge in [0.25, 0.3) is 0 Å². The zero-order valence-corrected chi connectivity index (χ0v) is 9.38. The van der Waals surface area contributed by atoms with Crippen molar-refractivity contribution in [2.24, 2.45) is 0 Å². The normalized spacial score (nSPS) is 9.69. The lowest BCUT2D eigenvalue weighted by molar-refractivity contribution is 0.126. The van der Waals surface area contributed by atoms with Crippen LogP contribution in [0.1, 0.15) is 0 Å². The van der Waals surface area contributed by atoms with Crippen molar-refractivity contribution in [1.82, 2.24) is 5.32 Å². The number of halogens is 2. The van der Waals surface area contributed by atoms with Crippen molar-refractivity contribution in [3.8, 4) is 5.75 Å². The maximum absolute atomic E-state index is 13.2. The molecular weight excluding hydrogens is 237 g/mol. The van der Waals surface area contributed by atoms with Crippen LogP contribution in [0.15, 0.2) is 18.2 Å². The minimum absolute atomic E-state index is 0.0434. The first-order valence-electron chi connectivity index (χ1n) is 4.56. The van der Waals surface area contributed by atoms with E-state index in [4.69, 9.17) is 16.3 Å². The highest BCUT2D eigenvalue weighted by Gasteiger charge is 2.04. The van der Waals surface area contributed by atoms with Crippen LogP contribution in [0.5, 0.6) is 5.75 Å². The summed E-state index contributed by atoms with van der Waals surface area (Å²) >= 11 is 5.57. The zero-order chi connectivity index (χ0) is 12.0. The van der Waals surface area contributed by atoms with E-state index in [1.165, 1.54) is 19.2 Å².